The molecular weight excluding hydrogens is 312 g/mol. The van der Waals surface area contributed by atoms with Crippen molar-refractivity contribution in [1.29, 1.82) is 0 Å². The molecule has 0 fully saturated rings. The maximum absolute atomic E-state index is 5.26. The van der Waals surface area contributed by atoms with Crippen LogP contribution in [0.3, 0.4) is 0 Å². The standard InChI is InChI=1S/C13H14N4O2S.ClH/c1-8(14-2)5-11-16-12(19-17-11)10-7-20-13(15-10)9-3-4-18-6-9;/h3-4,6-8,14H,5H2,1-2H3;1H. The van der Waals surface area contributed by atoms with Crippen LogP contribution in [-0.2, 0) is 6.42 Å². The van der Waals surface area contributed by atoms with Crippen LogP contribution in [0.2, 0.25) is 0 Å². The summed E-state index contributed by atoms with van der Waals surface area (Å²) < 4.78 is 10.3. The Morgan fingerprint density at radius 2 is 2.24 bits per heavy atom. The van der Waals surface area contributed by atoms with Crippen molar-refractivity contribution in [2.24, 2.45) is 0 Å². The molecule has 1 unspecified atom stereocenters. The number of thiazole rings is 1. The molecular formula is C13H15ClN4O2S. The van der Waals surface area contributed by atoms with Crippen LogP contribution in [0.25, 0.3) is 22.2 Å². The van der Waals surface area contributed by atoms with Gasteiger partial charge in [-0.3, -0.25) is 0 Å². The molecule has 3 aromatic rings. The van der Waals surface area contributed by atoms with Gasteiger partial charge in [-0.25, -0.2) is 4.98 Å². The lowest BCUT2D eigenvalue weighted by Gasteiger charge is -2.04. The second-order valence-corrected chi connectivity index (χ2v) is 5.32. The molecule has 1 atom stereocenters. The van der Waals surface area contributed by atoms with E-state index < -0.39 is 0 Å². The first-order valence-electron chi connectivity index (χ1n) is 6.24. The summed E-state index contributed by atoms with van der Waals surface area (Å²) in [5.41, 5.74) is 1.65. The molecule has 3 heterocycles. The number of hydrogen-bond donors (Lipinski definition) is 1. The van der Waals surface area contributed by atoms with E-state index in [9.17, 15) is 0 Å². The van der Waals surface area contributed by atoms with E-state index in [1.807, 2.05) is 18.5 Å². The molecule has 0 aromatic carbocycles. The van der Waals surface area contributed by atoms with Gasteiger partial charge in [0.1, 0.15) is 17.0 Å². The SMILES string of the molecule is CNC(C)Cc1noc(-c2csc(-c3ccoc3)n2)n1.Cl. The zero-order valence-corrected chi connectivity index (χ0v) is 13.2. The number of likely N-dealkylation sites (N-methyl/N-ethyl adjacent to an activating group) is 1. The van der Waals surface area contributed by atoms with Crippen molar-refractivity contribution in [3.05, 3.63) is 29.8 Å². The van der Waals surface area contributed by atoms with Gasteiger partial charge in [-0.05, 0) is 20.0 Å². The first kappa shape index (κ1) is 15.7. The molecule has 0 saturated carbocycles. The summed E-state index contributed by atoms with van der Waals surface area (Å²) in [6, 6.07) is 2.17. The monoisotopic (exact) mass is 326 g/mol. The van der Waals surface area contributed by atoms with Gasteiger partial charge in [0.05, 0.1) is 6.26 Å². The average molecular weight is 327 g/mol. The van der Waals surface area contributed by atoms with E-state index in [1.54, 1.807) is 12.5 Å². The molecule has 0 saturated heterocycles. The highest BCUT2D eigenvalue weighted by molar-refractivity contribution is 7.13. The van der Waals surface area contributed by atoms with Crippen molar-refractivity contribution in [3.8, 4) is 22.2 Å². The zero-order valence-electron chi connectivity index (χ0n) is 11.6. The third-order valence-corrected chi connectivity index (χ3v) is 3.83. The van der Waals surface area contributed by atoms with E-state index in [2.05, 4.69) is 27.4 Å². The van der Waals surface area contributed by atoms with Gasteiger partial charge in [-0.15, -0.1) is 23.7 Å². The Bertz CT molecular complexity index is 680. The van der Waals surface area contributed by atoms with Crippen molar-refractivity contribution in [3.63, 3.8) is 0 Å². The third-order valence-electron chi connectivity index (χ3n) is 2.94. The van der Waals surface area contributed by atoms with Gasteiger partial charge in [0, 0.05) is 23.4 Å². The van der Waals surface area contributed by atoms with Gasteiger partial charge >= 0.3 is 0 Å². The smallest absolute Gasteiger partial charge is 0.277 e. The molecule has 0 radical (unpaired) electrons. The fourth-order valence-electron chi connectivity index (χ4n) is 1.71. The quantitative estimate of drug-likeness (QED) is 0.776. The number of nitrogens with zero attached hydrogens (tertiary/aromatic N) is 3. The average Bonchev–Trinajstić information content (AvgIpc) is 3.18. The van der Waals surface area contributed by atoms with Crippen LogP contribution >= 0.6 is 23.7 Å². The van der Waals surface area contributed by atoms with Gasteiger partial charge in [-0.2, -0.15) is 4.98 Å². The summed E-state index contributed by atoms with van der Waals surface area (Å²) in [4.78, 5) is 8.85. The number of rotatable bonds is 5. The molecule has 0 aliphatic rings. The summed E-state index contributed by atoms with van der Waals surface area (Å²) in [5.74, 6) is 1.13. The fourth-order valence-corrected chi connectivity index (χ4v) is 2.49. The summed E-state index contributed by atoms with van der Waals surface area (Å²) in [6.07, 6.45) is 4.01. The minimum Gasteiger partial charge on any atom is -0.472 e. The van der Waals surface area contributed by atoms with Crippen LogP contribution in [0.5, 0.6) is 0 Å². The topological polar surface area (TPSA) is 77.0 Å². The molecule has 21 heavy (non-hydrogen) atoms. The maximum Gasteiger partial charge on any atom is 0.277 e. The first-order chi connectivity index (χ1) is 9.76. The Kier molecular flexibility index (Phi) is 5.11. The normalized spacial score (nSPS) is 12.1. The minimum atomic E-state index is 0. The second kappa shape index (κ2) is 6.84. The lowest BCUT2D eigenvalue weighted by atomic mass is 10.2. The van der Waals surface area contributed by atoms with Crippen LogP contribution in [0.4, 0.5) is 0 Å². The summed E-state index contributed by atoms with van der Waals surface area (Å²) in [5, 5.41) is 9.89. The zero-order chi connectivity index (χ0) is 13.9. The highest BCUT2D eigenvalue weighted by atomic mass is 35.5. The number of halogens is 1. The van der Waals surface area contributed by atoms with Crippen LogP contribution in [0.1, 0.15) is 12.7 Å². The van der Waals surface area contributed by atoms with Crippen molar-refractivity contribution in [2.45, 2.75) is 19.4 Å². The van der Waals surface area contributed by atoms with E-state index >= 15 is 0 Å². The molecule has 0 amide bonds. The number of aromatic nitrogens is 3. The van der Waals surface area contributed by atoms with Gasteiger partial charge < -0.3 is 14.3 Å². The third kappa shape index (κ3) is 3.49. The highest BCUT2D eigenvalue weighted by Crippen LogP contribution is 2.28. The Hall–Kier alpha value is -1.70. The molecule has 0 bridgehead atoms. The van der Waals surface area contributed by atoms with Crippen molar-refractivity contribution >= 4 is 23.7 Å². The predicted molar refractivity (Wildman–Crippen MR) is 82.6 cm³/mol. The largest absolute Gasteiger partial charge is 0.472 e. The summed E-state index contributed by atoms with van der Waals surface area (Å²) >= 11 is 1.52. The number of furan rings is 1. The van der Waals surface area contributed by atoms with Gasteiger partial charge in [-0.1, -0.05) is 5.16 Å². The molecule has 0 spiro atoms. The van der Waals surface area contributed by atoms with Crippen LogP contribution in [0, 0.1) is 0 Å². The summed E-state index contributed by atoms with van der Waals surface area (Å²) in [6.45, 7) is 2.07. The van der Waals surface area contributed by atoms with E-state index in [-0.39, 0.29) is 12.4 Å². The summed E-state index contributed by atoms with van der Waals surface area (Å²) in [7, 11) is 1.91. The Labute approximate surface area is 132 Å². The molecule has 0 aliphatic carbocycles. The molecule has 3 aromatic heterocycles. The van der Waals surface area contributed by atoms with Crippen molar-refractivity contribution in [1.82, 2.24) is 20.4 Å². The lowest BCUT2D eigenvalue weighted by molar-refractivity contribution is 0.417. The molecule has 6 nitrogen and oxygen atoms in total. The predicted octanol–water partition coefficient (Wildman–Crippen LogP) is 3.03. The van der Waals surface area contributed by atoms with Gasteiger partial charge in [0.15, 0.2) is 5.82 Å². The van der Waals surface area contributed by atoms with Crippen molar-refractivity contribution < 1.29 is 8.94 Å². The number of hydrogen-bond acceptors (Lipinski definition) is 7. The Balaban J connectivity index is 0.00000161. The van der Waals surface area contributed by atoms with Gasteiger partial charge in [0.25, 0.3) is 5.89 Å². The fraction of sp³-hybridized carbons (Fsp3) is 0.308. The molecule has 1 N–H and O–H groups in total. The minimum absolute atomic E-state index is 0. The molecule has 8 heteroatoms. The molecule has 3 rings (SSSR count). The Morgan fingerprint density at radius 3 is 2.95 bits per heavy atom. The van der Waals surface area contributed by atoms with Crippen molar-refractivity contribution in [2.75, 3.05) is 7.05 Å². The molecule has 112 valence electrons. The van der Waals surface area contributed by atoms with Crippen LogP contribution < -0.4 is 5.32 Å². The number of nitrogens with one attached hydrogen (secondary N) is 1. The molecule has 0 aliphatic heterocycles. The second-order valence-electron chi connectivity index (χ2n) is 4.46. The maximum atomic E-state index is 5.26. The van der Waals surface area contributed by atoms with Gasteiger partial charge in [0.2, 0.25) is 0 Å². The first-order valence-corrected chi connectivity index (χ1v) is 7.12. The van der Waals surface area contributed by atoms with Crippen LogP contribution in [0.15, 0.2) is 32.9 Å². The Morgan fingerprint density at radius 1 is 1.38 bits per heavy atom. The van der Waals surface area contributed by atoms with E-state index in [0.29, 0.717) is 23.5 Å². The van der Waals surface area contributed by atoms with Crippen LogP contribution in [-0.4, -0.2) is 28.2 Å². The van der Waals surface area contributed by atoms with E-state index in [0.717, 1.165) is 17.0 Å². The van der Waals surface area contributed by atoms with E-state index in [1.165, 1.54) is 11.3 Å². The van der Waals surface area contributed by atoms with E-state index in [4.69, 9.17) is 8.94 Å². The highest BCUT2D eigenvalue weighted by Gasteiger charge is 2.15. The lowest BCUT2D eigenvalue weighted by Crippen LogP contribution is -2.24.